The number of carbonyl (C=O) groups excluding carboxylic acids is 1. The number of H-pyrrole nitrogens is 1. The summed E-state index contributed by atoms with van der Waals surface area (Å²) < 4.78 is 10.1. The molecule has 0 radical (unpaired) electrons. The van der Waals surface area contributed by atoms with Gasteiger partial charge in [0.2, 0.25) is 0 Å². The van der Waals surface area contributed by atoms with Gasteiger partial charge >= 0.3 is 5.97 Å². The van der Waals surface area contributed by atoms with Gasteiger partial charge in [-0.2, -0.15) is 0 Å². The van der Waals surface area contributed by atoms with Crippen LogP contribution in [0.3, 0.4) is 0 Å². The van der Waals surface area contributed by atoms with Gasteiger partial charge in [-0.3, -0.25) is 4.79 Å². The summed E-state index contributed by atoms with van der Waals surface area (Å²) in [5.74, 6) is 0.418. The fraction of sp³-hybridized carbons (Fsp3) is 0.357. The minimum absolute atomic E-state index is 0.345. The first-order chi connectivity index (χ1) is 9.15. The van der Waals surface area contributed by atoms with Gasteiger partial charge in [0.25, 0.3) is 0 Å². The average Bonchev–Trinajstić information content (AvgIpc) is 2.81. The number of esters is 1. The van der Waals surface area contributed by atoms with E-state index in [0.717, 1.165) is 22.2 Å². The summed E-state index contributed by atoms with van der Waals surface area (Å²) in [4.78, 5) is 14.7. The lowest BCUT2D eigenvalue weighted by Gasteiger charge is -2.09. The van der Waals surface area contributed by atoms with Crippen molar-refractivity contribution < 1.29 is 14.3 Å². The lowest BCUT2D eigenvalue weighted by Crippen LogP contribution is -2.34. The molecule has 0 aliphatic carbocycles. The first-order valence-electron chi connectivity index (χ1n) is 6.22. The molecule has 2 rings (SSSR count). The van der Waals surface area contributed by atoms with Gasteiger partial charge in [0.15, 0.2) is 0 Å². The minimum Gasteiger partial charge on any atom is -0.497 e. The zero-order valence-corrected chi connectivity index (χ0v) is 11.1. The zero-order chi connectivity index (χ0) is 13.8. The fourth-order valence-corrected chi connectivity index (χ4v) is 2.03. The predicted molar refractivity (Wildman–Crippen MR) is 73.2 cm³/mol. The highest BCUT2D eigenvalue weighted by Gasteiger charge is 2.17. The number of nitrogens with two attached hydrogens (primary N) is 1. The molecule has 3 N–H and O–H groups in total. The van der Waals surface area contributed by atoms with E-state index in [-0.39, 0.29) is 5.97 Å². The number of carbonyl (C=O) groups is 1. The molecule has 0 aliphatic heterocycles. The van der Waals surface area contributed by atoms with Crippen LogP contribution in [0.15, 0.2) is 24.4 Å². The summed E-state index contributed by atoms with van der Waals surface area (Å²) in [5.41, 5.74) is 7.79. The number of aromatic amines is 1. The second-order valence-corrected chi connectivity index (χ2v) is 4.29. The molecule has 0 bridgehead atoms. The van der Waals surface area contributed by atoms with Gasteiger partial charge in [-0.05, 0) is 24.6 Å². The molecule has 5 heteroatoms. The van der Waals surface area contributed by atoms with Crippen molar-refractivity contribution in [2.45, 2.75) is 19.4 Å². The van der Waals surface area contributed by atoms with E-state index in [0.29, 0.717) is 13.0 Å². The Bertz CT molecular complexity index is 577. The van der Waals surface area contributed by atoms with Crippen molar-refractivity contribution in [2.24, 2.45) is 5.73 Å². The van der Waals surface area contributed by atoms with Crippen LogP contribution in [0.5, 0.6) is 5.75 Å². The molecule has 1 aromatic heterocycles. The smallest absolute Gasteiger partial charge is 0.323 e. The summed E-state index contributed by atoms with van der Waals surface area (Å²) in [6.45, 7) is 2.11. The van der Waals surface area contributed by atoms with E-state index in [1.54, 1.807) is 14.0 Å². The number of methoxy groups -OCH3 is 1. The maximum absolute atomic E-state index is 11.5. The number of ether oxygens (including phenoxy) is 2. The molecule has 1 heterocycles. The van der Waals surface area contributed by atoms with Gasteiger partial charge in [0.1, 0.15) is 11.8 Å². The van der Waals surface area contributed by atoms with E-state index in [1.807, 2.05) is 24.4 Å². The monoisotopic (exact) mass is 262 g/mol. The number of aromatic nitrogens is 1. The first kappa shape index (κ1) is 13.4. The molecule has 0 amide bonds. The third-order valence-electron chi connectivity index (χ3n) is 3.00. The van der Waals surface area contributed by atoms with Gasteiger partial charge < -0.3 is 20.2 Å². The van der Waals surface area contributed by atoms with Crippen molar-refractivity contribution in [1.82, 2.24) is 4.98 Å². The number of hydrogen-bond donors (Lipinski definition) is 2. The average molecular weight is 262 g/mol. The molecule has 0 fully saturated rings. The van der Waals surface area contributed by atoms with Gasteiger partial charge in [0.05, 0.1) is 13.7 Å². The normalized spacial score (nSPS) is 12.4. The molecular formula is C14H18N2O3. The Hall–Kier alpha value is -2.01. The van der Waals surface area contributed by atoms with E-state index in [9.17, 15) is 4.79 Å². The van der Waals surface area contributed by atoms with E-state index in [4.69, 9.17) is 15.2 Å². The van der Waals surface area contributed by atoms with Crippen molar-refractivity contribution in [1.29, 1.82) is 0 Å². The van der Waals surface area contributed by atoms with Gasteiger partial charge in [-0.25, -0.2) is 0 Å². The summed E-state index contributed by atoms with van der Waals surface area (Å²) >= 11 is 0. The standard InChI is InChI=1S/C14H18N2O3/c1-3-19-14(17)12(15)6-9-8-16-13-7-10(18-2)4-5-11(9)13/h4-5,7-8,12,16H,3,6,15H2,1-2H3/t12-/m0/s1. The first-order valence-corrected chi connectivity index (χ1v) is 6.22. The molecule has 1 aromatic carbocycles. The molecule has 0 aliphatic rings. The Morgan fingerprint density at radius 1 is 1.47 bits per heavy atom. The van der Waals surface area contributed by atoms with Crippen molar-refractivity contribution >= 4 is 16.9 Å². The lowest BCUT2D eigenvalue weighted by atomic mass is 10.1. The van der Waals surface area contributed by atoms with E-state index in [1.165, 1.54) is 0 Å². The number of nitrogens with one attached hydrogen (secondary N) is 1. The van der Waals surface area contributed by atoms with Crippen LogP contribution in [-0.2, 0) is 16.0 Å². The largest absolute Gasteiger partial charge is 0.497 e. The predicted octanol–water partition coefficient (Wildman–Crippen LogP) is 1.61. The molecule has 2 aromatic rings. The lowest BCUT2D eigenvalue weighted by molar-refractivity contribution is -0.144. The van der Waals surface area contributed by atoms with Crippen LogP contribution in [0.4, 0.5) is 0 Å². The van der Waals surface area contributed by atoms with Crippen LogP contribution < -0.4 is 10.5 Å². The fourth-order valence-electron chi connectivity index (χ4n) is 2.03. The summed E-state index contributed by atoms with van der Waals surface area (Å²) in [5, 5.41) is 1.04. The molecule has 5 nitrogen and oxygen atoms in total. The highest BCUT2D eigenvalue weighted by Crippen LogP contribution is 2.23. The second kappa shape index (κ2) is 5.75. The third kappa shape index (κ3) is 2.88. The molecular weight excluding hydrogens is 244 g/mol. The molecule has 0 saturated carbocycles. The number of hydrogen-bond acceptors (Lipinski definition) is 4. The topological polar surface area (TPSA) is 77.3 Å². The van der Waals surface area contributed by atoms with Gasteiger partial charge in [-0.1, -0.05) is 0 Å². The van der Waals surface area contributed by atoms with Crippen molar-refractivity contribution in [3.63, 3.8) is 0 Å². The van der Waals surface area contributed by atoms with Crippen LogP contribution in [0.1, 0.15) is 12.5 Å². The molecule has 19 heavy (non-hydrogen) atoms. The molecule has 1 atom stereocenters. The Labute approximate surface area is 111 Å². The van der Waals surface area contributed by atoms with Crippen LogP contribution in [0.25, 0.3) is 10.9 Å². The molecule has 0 unspecified atom stereocenters. The van der Waals surface area contributed by atoms with E-state index >= 15 is 0 Å². The van der Waals surface area contributed by atoms with E-state index in [2.05, 4.69) is 4.98 Å². The van der Waals surface area contributed by atoms with Crippen molar-refractivity contribution in [3.8, 4) is 5.75 Å². The molecule has 0 saturated heterocycles. The highest BCUT2D eigenvalue weighted by molar-refractivity contribution is 5.85. The summed E-state index contributed by atoms with van der Waals surface area (Å²) in [6, 6.07) is 5.11. The maximum Gasteiger partial charge on any atom is 0.323 e. The second-order valence-electron chi connectivity index (χ2n) is 4.29. The minimum atomic E-state index is -0.638. The van der Waals surface area contributed by atoms with Crippen LogP contribution in [0, 0.1) is 0 Å². The Kier molecular flexibility index (Phi) is 4.06. The number of benzene rings is 1. The van der Waals surface area contributed by atoms with Gasteiger partial charge in [0, 0.05) is 29.6 Å². The summed E-state index contributed by atoms with van der Waals surface area (Å²) in [6.07, 6.45) is 2.31. The highest BCUT2D eigenvalue weighted by atomic mass is 16.5. The molecule has 0 spiro atoms. The van der Waals surface area contributed by atoms with Crippen molar-refractivity contribution in [2.75, 3.05) is 13.7 Å². The third-order valence-corrected chi connectivity index (χ3v) is 3.00. The number of rotatable bonds is 5. The van der Waals surface area contributed by atoms with E-state index < -0.39 is 6.04 Å². The quantitative estimate of drug-likeness (QED) is 0.802. The Morgan fingerprint density at radius 3 is 2.95 bits per heavy atom. The SMILES string of the molecule is CCOC(=O)[C@@H](N)Cc1c[nH]c2cc(OC)ccc12. The Morgan fingerprint density at radius 2 is 2.26 bits per heavy atom. The van der Waals surface area contributed by atoms with Crippen LogP contribution >= 0.6 is 0 Å². The number of fused-ring (bicyclic) bond motifs is 1. The van der Waals surface area contributed by atoms with Crippen LogP contribution in [-0.4, -0.2) is 30.7 Å². The maximum atomic E-state index is 11.5. The van der Waals surface area contributed by atoms with Crippen LogP contribution in [0.2, 0.25) is 0 Å². The van der Waals surface area contributed by atoms with Gasteiger partial charge in [-0.15, -0.1) is 0 Å². The van der Waals surface area contributed by atoms with Crippen molar-refractivity contribution in [3.05, 3.63) is 30.0 Å². The Balaban J connectivity index is 2.19. The zero-order valence-electron chi connectivity index (χ0n) is 11.1. The molecule has 102 valence electrons. The summed E-state index contributed by atoms with van der Waals surface area (Å²) in [7, 11) is 1.63.